The Bertz CT molecular complexity index is 733. The molecule has 0 radical (unpaired) electrons. The van der Waals surface area contributed by atoms with Gasteiger partial charge in [-0.1, -0.05) is 48.5 Å². The van der Waals surface area contributed by atoms with Crippen molar-refractivity contribution in [1.82, 2.24) is 9.78 Å². The average Bonchev–Trinajstić information content (AvgIpc) is 2.90. The SMILES string of the molecule is Nc1cn(-c2ccccc2)nc1C(=O)c1ccccc1. The van der Waals surface area contributed by atoms with E-state index >= 15 is 0 Å². The molecule has 20 heavy (non-hydrogen) atoms. The number of hydrogen-bond donors (Lipinski definition) is 1. The van der Waals surface area contributed by atoms with Gasteiger partial charge in [0, 0.05) is 5.56 Å². The molecule has 0 atom stereocenters. The highest BCUT2D eigenvalue weighted by molar-refractivity contribution is 6.10. The Labute approximate surface area is 116 Å². The van der Waals surface area contributed by atoms with Crippen LogP contribution in [0.25, 0.3) is 5.69 Å². The van der Waals surface area contributed by atoms with Gasteiger partial charge in [-0.3, -0.25) is 4.79 Å². The quantitative estimate of drug-likeness (QED) is 0.739. The molecule has 0 bridgehead atoms. The molecule has 2 aromatic carbocycles. The minimum atomic E-state index is -0.169. The van der Waals surface area contributed by atoms with Gasteiger partial charge in [0.05, 0.1) is 17.6 Å². The van der Waals surface area contributed by atoms with Gasteiger partial charge in [-0.25, -0.2) is 4.68 Å². The van der Waals surface area contributed by atoms with Crippen molar-refractivity contribution in [2.75, 3.05) is 5.73 Å². The summed E-state index contributed by atoms with van der Waals surface area (Å²) in [5.41, 5.74) is 8.02. The number of hydrogen-bond acceptors (Lipinski definition) is 3. The van der Waals surface area contributed by atoms with Crippen LogP contribution in [0.4, 0.5) is 5.69 Å². The minimum absolute atomic E-state index is 0.169. The third-order valence-corrected chi connectivity index (χ3v) is 3.01. The average molecular weight is 263 g/mol. The molecule has 0 aliphatic heterocycles. The molecule has 3 aromatic rings. The molecule has 1 aromatic heterocycles. The number of carbonyl (C=O) groups is 1. The highest BCUT2D eigenvalue weighted by Crippen LogP contribution is 2.17. The second-order valence-electron chi connectivity index (χ2n) is 4.41. The topological polar surface area (TPSA) is 60.9 Å². The normalized spacial score (nSPS) is 10.4. The monoisotopic (exact) mass is 263 g/mol. The zero-order valence-corrected chi connectivity index (χ0v) is 10.7. The van der Waals surface area contributed by atoms with Gasteiger partial charge in [0.2, 0.25) is 5.78 Å². The van der Waals surface area contributed by atoms with Crippen LogP contribution in [0, 0.1) is 0 Å². The molecule has 98 valence electrons. The van der Waals surface area contributed by atoms with Gasteiger partial charge in [0.15, 0.2) is 5.69 Å². The van der Waals surface area contributed by atoms with Gasteiger partial charge >= 0.3 is 0 Å². The number of carbonyl (C=O) groups excluding carboxylic acids is 1. The van der Waals surface area contributed by atoms with Crippen molar-refractivity contribution in [1.29, 1.82) is 0 Å². The molecule has 4 nitrogen and oxygen atoms in total. The smallest absolute Gasteiger partial charge is 0.215 e. The Morgan fingerprint density at radius 2 is 1.55 bits per heavy atom. The molecule has 0 spiro atoms. The van der Waals surface area contributed by atoms with Crippen LogP contribution in [0.5, 0.6) is 0 Å². The Morgan fingerprint density at radius 3 is 2.20 bits per heavy atom. The van der Waals surface area contributed by atoms with Crippen molar-refractivity contribution < 1.29 is 4.79 Å². The maximum atomic E-state index is 12.4. The van der Waals surface area contributed by atoms with Crippen LogP contribution in [-0.2, 0) is 0 Å². The van der Waals surface area contributed by atoms with Crippen LogP contribution >= 0.6 is 0 Å². The van der Waals surface area contributed by atoms with E-state index in [4.69, 9.17) is 5.73 Å². The van der Waals surface area contributed by atoms with Gasteiger partial charge in [0.1, 0.15) is 0 Å². The molecule has 0 fully saturated rings. The van der Waals surface area contributed by atoms with Crippen LogP contribution in [0.2, 0.25) is 0 Å². The molecular weight excluding hydrogens is 250 g/mol. The zero-order chi connectivity index (χ0) is 13.9. The molecule has 0 saturated heterocycles. The third kappa shape index (κ3) is 2.19. The van der Waals surface area contributed by atoms with E-state index < -0.39 is 0 Å². The second-order valence-corrected chi connectivity index (χ2v) is 4.41. The zero-order valence-electron chi connectivity index (χ0n) is 10.7. The number of benzene rings is 2. The van der Waals surface area contributed by atoms with Crippen molar-refractivity contribution in [3.8, 4) is 5.69 Å². The van der Waals surface area contributed by atoms with Crippen molar-refractivity contribution in [3.05, 3.63) is 78.1 Å². The maximum absolute atomic E-state index is 12.4. The predicted octanol–water partition coefficient (Wildman–Crippen LogP) is 2.69. The van der Waals surface area contributed by atoms with Crippen LogP contribution < -0.4 is 5.73 Å². The number of para-hydroxylation sites is 1. The lowest BCUT2D eigenvalue weighted by Crippen LogP contribution is -2.05. The number of ketones is 1. The van der Waals surface area contributed by atoms with Crippen LogP contribution in [0.1, 0.15) is 16.1 Å². The first kappa shape index (κ1) is 12.2. The van der Waals surface area contributed by atoms with Gasteiger partial charge in [-0.2, -0.15) is 5.10 Å². The molecule has 4 heteroatoms. The van der Waals surface area contributed by atoms with E-state index in [1.54, 1.807) is 23.0 Å². The fraction of sp³-hybridized carbons (Fsp3) is 0. The number of rotatable bonds is 3. The fourth-order valence-electron chi connectivity index (χ4n) is 2.00. The van der Waals surface area contributed by atoms with Crippen molar-refractivity contribution in [2.45, 2.75) is 0 Å². The van der Waals surface area contributed by atoms with E-state index in [1.807, 2.05) is 48.5 Å². The third-order valence-electron chi connectivity index (χ3n) is 3.01. The highest BCUT2D eigenvalue weighted by atomic mass is 16.1. The summed E-state index contributed by atoms with van der Waals surface area (Å²) in [4.78, 5) is 12.4. The van der Waals surface area contributed by atoms with E-state index in [0.29, 0.717) is 11.3 Å². The Hall–Kier alpha value is -2.88. The summed E-state index contributed by atoms with van der Waals surface area (Å²) in [6.07, 6.45) is 1.66. The largest absolute Gasteiger partial charge is 0.396 e. The molecule has 0 amide bonds. The molecule has 0 aliphatic carbocycles. The number of nitrogen functional groups attached to an aromatic ring is 1. The lowest BCUT2D eigenvalue weighted by atomic mass is 10.1. The summed E-state index contributed by atoms with van der Waals surface area (Å²) in [7, 11) is 0. The van der Waals surface area contributed by atoms with Gasteiger partial charge in [-0.15, -0.1) is 0 Å². The van der Waals surface area contributed by atoms with Crippen LogP contribution in [-0.4, -0.2) is 15.6 Å². The Morgan fingerprint density at radius 1 is 0.950 bits per heavy atom. The van der Waals surface area contributed by atoms with Gasteiger partial charge in [0.25, 0.3) is 0 Å². The molecule has 0 unspecified atom stereocenters. The lowest BCUT2D eigenvalue weighted by Gasteiger charge is -2.00. The summed E-state index contributed by atoms with van der Waals surface area (Å²) < 4.78 is 1.62. The standard InChI is InChI=1S/C16H13N3O/c17-14-11-19(13-9-5-2-6-10-13)18-15(14)16(20)12-7-3-1-4-8-12/h1-11H,17H2. The first-order valence-corrected chi connectivity index (χ1v) is 6.26. The first-order chi connectivity index (χ1) is 9.75. The van der Waals surface area contributed by atoms with E-state index in [0.717, 1.165) is 5.69 Å². The molecular formula is C16H13N3O. The van der Waals surface area contributed by atoms with Crippen LogP contribution in [0.15, 0.2) is 66.9 Å². The minimum Gasteiger partial charge on any atom is -0.396 e. The molecule has 0 saturated carbocycles. The summed E-state index contributed by atoms with van der Waals surface area (Å²) >= 11 is 0. The van der Waals surface area contributed by atoms with E-state index in [-0.39, 0.29) is 11.5 Å². The van der Waals surface area contributed by atoms with E-state index in [1.165, 1.54) is 0 Å². The first-order valence-electron chi connectivity index (χ1n) is 6.26. The summed E-state index contributed by atoms with van der Waals surface area (Å²) in [6.45, 7) is 0. The van der Waals surface area contributed by atoms with Crippen molar-refractivity contribution in [3.63, 3.8) is 0 Å². The molecule has 2 N–H and O–H groups in total. The van der Waals surface area contributed by atoms with Crippen molar-refractivity contribution >= 4 is 11.5 Å². The highest BCUT2D eigenvalue weighted by Gasteiger charge is 2.16. The van der Waals surface area contributed by atoms with Gasteiger partial charge in [-0.05, 0) is 12.1 Å². The number of anilines is 1. The summed E-state index contributed by atoms with van der Waals surface area (Å²) in [6, 6.07) is 18.6. The predicted molar refractivity (Wildman–Crippen MR) is 77.9 cm³/mol. The Balaban J connectivity index is 2.00. The summed E-state index contributed by atoms with van der Waals surface area (Å²) in [5, 5.41) is 4.30. The molecule has 3 rings (SSSR count). The van der Waals surface area contributed by atoms with Crippen LogP contribution in [0.3, 0.4) is 0 Å². The summed E-state index contributed by atoms with van der Waals surface area (Å²) in [5.74, 6) is -0.169. The second kappa shape index (κ2) is 5.01. The van der Waals surface area contributed by atoms with E-state index in [2.05, 4.69) is 5.10 Å². The maximum Gasteiger partial charge on any atom is 0.215 e. The van der Waals surface area contributed by atoms with E-state index in [9.17, 15) is 4.79 Å². The van der Waals surface area contributed by atoms with Gasteiger partial charge < -0.3 is 5.73 Å². The molecule has 0 aliphatic rings. The van der Waals surface area contributed by atoms with Crippen molar-refractivity contribution in [2.24, 2.45) is 0 Å². The fourth-order valence-corrected chi connectivity index (χ4v) is 2.00. The Kier molecular flexibility index (Phi) is 3.05. The lowest BCUT2D eigenvalue weighted by molar-refractivity contribution is 0.103. The molecule has 1 heterocycles. The number of nitrogens with zero attached hydrogens (tertiary/aromatic N) is 2. The number of nitrogens with two attached hydrogens (primary N) is 1. The number of aromatic nitrogens is 2.